The van der Waals surface area contributed by atoms with Crippen LogP contribution >= 0.6 is 0 Å². The van der Waals surface area contributed by atoms with Gasteiger partial charge < -0.3 is 19.2 Å². The summed E-state index contributed by atoms with van der Waals surface area (Å²) in [7, 11) is 5.75. The van der Waals surface area contributed by atoms with Crippen LogP contribution < -0.4 is 4.74 Å². The highest BCUT2D eigenvalue weighted by Gasteiger charge is 2.59. The molecule has 9 nitrogen and oxygen atoms in total. The molecule has 38 heavy (non-hydrogen) atoms. The number of hydrogen-bond acceptors (Lipinski definition) is 7. The molecule has 9 heteroatoms. The molecule has 0 unspecified atom stereocenters. The lowest BCUT2D eigenvalue weighted by atomic mass is 9.44. The number of ketones is 1. The van der Waals surface area contributed by atoms with Gasteiger partial charge in [0, 0.05) is 23.8 Å². The average molecular weight is 534 g/mol. The van der Waals surface area contributed by atoms with Crippen molar-refractivity contribution in [3.05, 3.63) is 33.4 Å². The molecule has 3 saturated carbocycles. The summed E-state index contributed by atoms with van der Waals surface area (Å²) in [5, 5.41) is 20.9. The highest BCUT2D eigenvalue weighted by Crippen LogP contribution is 2.64. The van der Waals surface area contributed by atoms with E-state index in [1.807, 2.05) is 27.2 Å². The summed E-state index contributed by atoms with van der Waals surface area (Å²) >= 11 is 0. The topological polar surface area (TPSA) is 116 Å². The number of hydrogen-bond donors (Lipinski definition) is 1. The second-order valence-corrected chi connectivity index (χ2v) is 13.4. The zero-order chi connectivity index (χ0) is 28.5. The first kappa shape index (κ1) is 29.9. The molecule has 0 aromatic heterocycles. The molecule has 1 aromatic carbocycles. The first-order chi connectivity index (χ1) is 17.5. The minimum atomic E-state index is -0.766. The van der Waals surface area contributed by atoms with Crippen LogP contribution in [0.2, 0.25) is 0 Å². The molecule has 2 bridgehead atoms. The van der Waals surface area contributed by atoms with Gasteiger partial charge in [0.2, 0.25) is 0 Å². The number of Topliss-reactive ketones (excluding diaryl/α,β-unsaturated/α-hetero) is 1. The van der Waals surface area contributed by atoms with Crippen molar-refractivity contribution in [2.24, 2.45) is 17.3 Å². The molecule has 1 N–H and O–H groups in total. The maximum absolute atomic E-state index is 12.9. The number of rotatable bonds is 13. The van der Waals surface area contributed by atoms with Crippen molar-refractivity contribution in [1.29, 1.82) is 0 Å². The summed E-state index contributed by atoms with van der Waals surface area (Å²) in [6.07, 6.45) is 5.25. The van der Waals surface area contributed by atoms with Gasteiger partial charge in [0.25, 0.3) is 5.09 Å². The number of fused-ring (bicyclic) bond motifs is 2. The maximum atomic E-state index is 12.9. The molecule has 3 aliphatic rings. The van der Waals surface area contributed by atoms with Crippen LogP contribution in [0.15, 0.2) is 12.1 Å². The van der Waals surface area contributed by atoms with Gasteiger partial charge >= 0.3 is 5.97 Å². The number of quaternary nitrogens is 1. The van der Waals surface area contributed by atoms with Gasteiger partial charge in [-0.05, 0) is 53.7 Å². The zero-order valence-electron chi connectivity index (χ0n) is 24.0. The van der Waals surface area contributed by atoms with E-state index in [9.17, 15) is 24.8 Å². The molecule has 0 heterocycles. The van der Waals surface area contributed by atoms with E-state index < -0.39 is 5.09 Å². The standard InChI is InChI=1S/C29H44N2O7/c1-28(2,12-10-8-9-11-13-37-30(35)36)19-14-24(33)27(25(15-19)38-26(34)18-31(5,6)7)20-16-23(32)22-17-21(20)29(22,3)4/h14-15,20-22H,8-13,16-18H2,1-7H3/p+1/t20-,21+,22-/m0/s1. The Bertz CT molecular complexity index is 1060. The van der Waals surface area contributed by atoms with Crippen molar-refractivity contribution in [3.8, 4) is 11.5 Å². The van der Waals surface area contributed by atoms with Crippen molar-refractivity contribution in [1.82, 2.24) is 0 Å². The van der Waals surface area contributed by atoms with E-state index in [0.717, 1.165) is 37.7 Å². The van der Waals surface area contributed by atoms with E-state index in [-0.39, 0.29) is 59.2 Å². The first-order valence-electron chi connectivity index (χ1n) is 13.7. The van der Waals surface area contributed by atoms with Gasteiger partial charge in [0.15, 0.2) is 6.54 Å². The third-order valence-corrected chi connectivity index (χ3v) is 8.63. The smallest absolute Gasteiger partial charge is 0.367 e. The van der Waals surface area contributed by atoms with Gasteiger partial charge in [-0.3, -0.25) is 4.79 Å². The second kappa shape index (κ2) is 11.2. The van der Waals surface area contributed by atoms with Gasteiger partial charge in [-0.25, -0.2) is 4.79 Å². The van der Waals surface area contributed by atoms with Gasteiger partial charge in [0.05, 0.1) is 27.7 Å². The number of phenols is 1. The second-order valence-electron chi connectivity index (χ2n) is 13.4. The summed E-state index contributed by atoms with van der Waals surface area (Å²) < 4.78 is 6.37. The minimum Gasteiger partial charge on any atom is -0.508 e. The fraction of sp³-hybridized carbons (Fsp3) is 0.724. The van der Waals surface area contributed by atoms with E-state index in [2.05, 4.69) is 32.5 Å². The zero-order valence-corrected chi connectivity index (χ0v) is 24.0. The number of aromatic hydroxyl groups is 1. The van der Waals surface area contributed by atoms with E-state index in [4.69, 9.17) is 4.74 Å². The van der Waals surface area contributed by atoms with E-state index >= 15 is 0 Å². The monoisotopic (exact) mass is 533 g/mol. The Morgan fingerprint density at radius 2 is 1.84 bits per heavy atom. The maximum Gasteiger partial charge on any atom is 0.367 e. The number of esters is 1. The van der Waals surface area contributed by atoms with Crippen LogP contribution in [0.3, 0.4) is 0 Å². The van der Waals surface area contributed by atoms with Crippen LogP contribution in [0.4, 0.5) is 0 Å². The highest BCUT2D eigenvalue weighted by atomic mass is 16.9. The number of carbonyl (C=O) groups is 2. The molecule has 0 radical (unpaired) electrons. The third-order valence-electron chi connectivity index (χ3n) is 8.63. The Hall–Kier alpha value is -2.68. The first-order valence-corrected chi connectivity index (χ1v) is 13.7. The molecular formula is C29H45N2O7+. The van der Waals surface area contributed by atoms with Gasteiger partial charge in [-0.2, -0.15) is 0 Å². The van der Waals surface area contributed by atoms with Crippen molar-refractivity contribution < 1.29 is 33.8 Å². The van der Waals surface area contributed by atoms with Crippen molar-refractivity contribution in [2.45, 2.75) is 84.0 Å². The molecule has 3 fully saturated rings. The quantitative estimate of drug-likeness (QED) is 0.0930. The Morgan fingerprint density at radius 1 is 1.18 bits per heavy atom. The van der Waals surface area contributed by atoms with Crippen LogP contribution in [0.5, 0.6) is 11.5 Å². The predicted octanol–water partition coefficient (Wildman–Crippen LogP) is 5.16. The molecule has 3 atom stereocenters. The largest absolute Gasteiger partial charge is 0.508 e. The SMILES string of the molecule is CC(C)(CCCCCCO[N+](=O)[O-])c1cc(O)c([C@H]2CC(=O)[C@@H]3C[C@H]2C3(C)C)c(OC(=O)C[N+](C)(C)C)c1. The minimum absolute atomic E-state index is 0.0689. The van der Waals surface area contributed by atoms with Gasteiger partial charge in [-0.15, -0.1) is 10.1 Å². The summed E-state index contributed by atoms with van der Waals surface area (Å²) in [5.74, 6) is 0.413. The molecule has 0 spiro atoms. The highest BCUT2D eigenvalue weighted by molar-refractivity contribution is 5.86. The number of unbranched alkanes of at least 4 members (excludes halogenated alkanes) is 3. The molecule has 3 aliphatic carbocycles. The van der Waals surface area contributed by atoms with Crippen LogP contribution in [-0.4, -0.2) is 60.7 Å². The third kappa shape index (κ3) is 6.84. The lowest BCUT2D eigenvalue weighted by molar-refractivity contribution is -0.862. The number of benzene rings is 1. The van der Waals surface area contributed by atoms with E-state index in [1.165, 1.54) is 0 Å². The van der Waals surface area contributed by atoms with Gasteiger partial charge in [0.1, 0.15) is 17.3 Å². The molecule has 0 aliphatic heterocycles. The molecule has 0 saturated heterocycles. The van der Waals surface area contributed by atoms with Crippen molar-refractivity contribution >= 4 is 11.8 Å². The van der Waals surface area contributed by atoms with Gasteiger partial charge in [-0.1, -0.05) is 47.0 Å². The van der Waals surface area contributed by atoms with Crippen LogP contribution in [0.25, 0.3) is 0 Å². The Labute approximate surface area is 226 Å². The molecule has 212 valence electrons. The number of likely N-dealkylation sites (N-methyl/N-ethyl adjacent to an activating group) is 1. The summed E-state index contributed by atoms with van der Waals surface area (Å²) in [6.45, 7) is 8.72. The summed E-state index contributed by atoms with van der Waals surface area (Å²) in [4.78, 5) is 40.5. The lowest BCUT2D eigenvalue weighted by Crippen LogP contribution is -2.56. The normalized spacial score (nSPS) is 22.5. The molecular weight excluding hydrogens is 488 g/mol. The van der Waals surface area contributed by atoms with Crippen molar-refractivity contribution in [2.75, 3.05) is 34.3 Å². The fourth-order valence-electron chi connectivity index (χ4n) is 6.30. The number of carbonyl (C=O) groups excluding carboxylic acids is 2. The van der Waals surface area contributed by atoms with Crippen molar-refractivity contribution in [3.63, 3.8) is 0 Å². The lowest BCUT2D eigenvalue weighted by Gasteiger charge is -2.59. The Balaban J connectivity index is 1.84. The average Bonchev–Trinajstić information content (AvgIpc) is 2.75. The number of ether oxygens (including phenoxy) is 1. The molecule has 0 amide bonds. The Morgan fingerprint density at radius 3 is 2.42 bits per heavy atom. The van der Waals surface area contributed by atoms with Crippen LogP contribution in [0, 0.1) is 27.4 Å². The van der Waals surface area contributed by atoms with E-state index in [1.54, 1.807) is 6.07 Å². The summed E-state index contributed by atoms with van der Waals surface area (Å²) in [6, 6.07) is 3.66. The van der Waals surface area contributed by atoms with Crippen LogP contribution in [-0.2, 0) is 19.8 Å². The molecule has 1 aromatic rings. The van der Waals surface area contributed by atoms with E-state index in [0.29, 0.717) is 28.6 Å². The Kier molecular flexibility index (Phi) is 8.81. The van der Waals surface area contributed by atoms with Crippen LogP contribution in [0.1, 0.15) is 89.7 Å². The molecule has 4 rings (SSSR count). The number of phenolic OH excluding ortho intramolecular Hbond substituents is 1. The fourth-order valence-corrected chi connectivity index (χ4v) is 6.30. The summed E-state index contributed by atoms with van der Waals surface area (Å²) in [5.41, 5.74) is 1.00. The number of nitrogens with zero attached hydrogens (tertiary/aromatic N) is 2. The predicted molar refractivity (Wildman–Crippen MR) is 143 cm³/mol.